The summed E-state index contributed by atoms with van der Waals surface area (Å²) in [4.78, 5) is 43.2. The Morgan fingerprint density at radius 1 is 1.10 bits per heavy atom. The third-order valence-corrected chi connectivity index (χ3v) is 5.19. The molecule has 0 aliphatic rings. The second-order valence-electron chi connectivity index (χ2n) is 7.69. The second kappa shape index (κ2) is 11.4. The van der Waals surface area contributed by atoms with E-state index < -0.39 is 0 Å². The van der Waals surface area contributed by atoms with Gasteiger partial charge in [0.05, 0.1) is 12.1 Å². The Morgan fingerprint density at radius 3 is 2.43 bits per heavy atom. The van der Waals surface area contributed by atoms with Crippen molar-refractivity contribution in [2.45, 2.75) is 46.6 Å². The molecule has 0 saturated heterocycles. The lowest BCUT2D eigenvalue weighted by molar-refractivity contribution is -0.121. The third-order valence-electron chi connectivity index (χ3n) is 4.39. The van der Waals surface area contributed by atoms with E-state index in [2.05, 4.69) is 15.6 Å². The molecule has 0 aliphatic carbocycles. The zero-order valence-electron chi connectivity index (χ0n) is 18.0. The Bertz CT molecular complexity index is 851. The maximum Gasteiger partial charge on any atom is 0.254 e. The molecule has 0 aliphatic heterocycles. The highest BCUT2D eigenvalue weighted by atomic mass is 32.1. The molecule has 1 aromatic carbocycles. The van der Waals surface area contributed by atoms with Crippen molar-refractivity contribution in [2.24, 2.45) is 5.92 Å². The predicted octanol–water partition coefficient (Wildman–Crippen LogP) is 3.34. The fourth-order valence-electron chi connectivity index (χ4n) is 2.79. The summed E-state index contributed by atoms with van der Waals surface area (Å²) in [7, 11) is 0. The smallest absolute Gasteiger partial charge is 0.254 e. The van der Waals surface area contributed by atoms with Crippen LogP contribution in [0.25, 0.3) is 0 Å². The number of nitrogens with zero attached hydrogens (tertiary/aromatic N) is 2. The molecule has 30 heavy (non-hydrogen) atoms. The van der Waals surface area contributed by atoms with Crippen molar-refractivity contribution in [3.8, 4) is 0 Å². The molecule has 1 atom stereocenters. The van der Waals surface area contributed by atoms with E-state index in [0.717, 1.165) is 6.42 Å². The Hall–Kier alpha value is -2.74. The topological polar surface area (TPSA) is 91.4 Å². The number of nitrogens with one attached hydrogen (secondary N) is 2. The lowest BCUT2D eigenvalue weighted by atomic mass is 10.1. The highest BCUT2D eigenvalue weighted by Crippen LogP contribution is 2.16. The molecule has 3 amide bonds. The van der Waals surface area contributed by atoms with E-state index in [1.165, 1.54) is 11.3 Å². The van der Waals surface area contributed by atoms with Crippen LogP contribution in [0.5, 0.6) is 0 Å². The molecule has 1 heterocycles. The van der Waals surface area contributed by atoms with Crippen molar-refractivity contribution in [3.63, 3.8) is 0 Å². The van der Waals surface area contributed by atoms with Gasteiger partial charge in [-0.25, -0.2) is 4.98 Å². The maximum absolute atomic E-state index is 12.8. The van der Waals surface area contributed by atoms with Crippen LogP contribution in [0.3, 0.4) is 0 Å². The van der Waals surface area contributed by atoms with Gasteiger partial charge in [-0.3, -0.25) is 14.4 Å². The minimum atomic E-state index is -0.315. The van der Waals surface area contributed by atoms with Gasteiger partial charge in [0.1, 0.15) is 6.54 Å². The van der Waals surface area contributed by atoms with E-state index >= 15 is 0 Å². The lowest BCUT2D eigenvalue weighted by Crippen LogP contribution is -2.40. The molecule has 2 N–H and O–H groups in total. The zero-order valence-corrected chi connectivity index (χ0v) is 18.8. The second-order valence-corrected chi connectivity index (χ2v) is 8.55. The maximum atomic E-state index is 12.8. The van der Waals surface area contributed by atoms with E-state index in [4.69, 9.17) is 0 Å². The number of amides is 3. The lowest BCUT2D eigenvalue weighted by Gasteiger charge is -2.24. The number of hydrogen-bond acceptors (Lipinski definition) is 5. The normalized spacial score (nSPS) is 11.8. The summed E-state index contributed by atoms with van der Waals surface area (Å²) in [6.07, 6.45) is 1.03. The van der Waals surface area contributed by atoms with Crippen LogP contribution in [0.2, 0.25) is 0 Å². The van der Waals surface area contributed by atoms with Crippen molar-refractivity contribution in [1.82, 2.24) is 15.2 Å². The molecule has 0 radical (unpaired) electrons. The van der Waals surface area contributed by atoms with Gasteiger partial charge in [-0.2, -0.15) is 0 Å². The van der Waals surface area contributed by atoms with Crippen molar-refractivity contribution in [1.29, 1.82) is 0 Å². The van der Waals surface area contributed by atoms with Crippen molar-refractivity contribution in [3.05, 3.63) is 47.0 Å². The average Bonchev–Trinajstić information content (AvgIpc) is 3.13. The summed E-state index contributed by atoms with van der Waals surface area (Å²) < 4.78 is 0. The van der Waals surface area contributed by atoms with E-state index in [1.807, 2.05) is 33.8 Å². The SMILES string of the molecule is CCC(C)NC(=O)Cc1csc(NC(=O)CN(CC(C)C)C(=O)c2ccccc2)n1. The van der Waals surface area contributed by atoms with Gasteiger partial charge in [-0.05, 0) is 31.4 Å². The molecule has 2 rings (SSSR count). The summed E-state index contributed by atoms with van der Waals surface area (Å²) in [5.74, 6) is -0.365. The summed E-state index contributed by atoms with van der Waals surface area (Å²) in [5, 5.41) is 7.81. The third kappa shape index (κ3) is 7.59. The molecule has 0 saturated carbocycles. The molecule has 1 aromatic heterocycles. The van der Waals surface area contributed by atoms with Crippen LogP contribution in [-0.4, -0.2) is 46.7 Å². The largest absolute Gasteiger partial charge is 0.353 e. The van der Waals surface area contributed by atoms with Gasteiger partial charge in [0.25, 0.3) is 5.91 Å². The highest BCUT2D eigenvalue weighted by Gasteiger charge is 2.20. The van der Waals surface area contributed by atoms with Gasteiger partial charge < -0.3 is 15.5 Å². The number of carbonyl (C=O) groups is 3. The van der Waals surface area contributed by atoms with Crippen molar-refractivity contribution >= 4 is 34.2 Å². The quantitative estimate of drug-likeness (QED) is 0.605. The number of aromatic nitrogens is 1. The van der Waals surface area contributed by atoms with Gasteiger partial charge in [-0.15, -0.1) is 11.3 Å². The first-order valence-electron chi connectivity index (χ1n) is 10.2. The Labute approximate surface area is 181 Å². The number of carbonyl (C=O) groups excluding carboxylic acids is 3. The van der Waals surface area contributed by atoms with Crippen LogP contribution < -0.4 is 10.6 Å². The highest BCUT2D eigenvalue weighted by molar-refractivity contribution is 7.13. The van der Waals surface area contributed by atoms with Crippen molar-refractivity contribution < 1.29 is 14.4 Å². The van der Waals surface area contributed by atoms with Gasteiger partial charge in [0.2, 0.25) is 11.8 Å². The molecule has 8 heteroatoms. The fourth-order valence-corrected chi connectivity index (χ4v) is 3.52. The minimum absolute atomic E-state index is 0.0602. The van der Waals surface area contributed by atoms with E-state index in [0.29, 0.717) is 22.9 Å². The van der Waals surface area contributed by atoms with Crippen LogP contribution in [0.4, 0.5) is 5.13 Å². The van der Waals surface area contributed by atoms with Gasteiger partial charge in [-0.1, -0.05) is 39.0 Å². The predicted molar refractivity (Wildman–Crippen MR) is 120 cm³/mol. The van der Waals surface area contributed by atoms with Crippen LogP contribution in [0.1, 0.15) is 50.2 Å². The number of rotatable bonds is 10. The summed E-state index contributed by atoms with van der Waals surface area (Å²) in [6, 6.07) is 9.05. The zero-order chi connectivity index (χ0) is 22.1. The molecule has 0 bridgehead atoms. The Balaban J connectivity index is 1.96. The van der Waals surface area contributed by atoms with Crippen LogP contribution in [0.15, 0.2) is 35.7 Å². The number of anilines is 1. The summed E-state index contributed by atoms with van der Waals surface area (Å²) >= 11 is 1.26. The van der Waals surface area contributed by atoms with Crippen molar-refractivity contribution in [2.75, 3.05) is 18.4 Å². The molecular formula is C22H30N4O3S. The molecule has 162 valence electrons. The average molecular weight is 431 g/mol. The first-order valence-corrected chi connectivity index (χ1v) is 11.0. The molecule has 1 unspecified atom stereocenters. The molecule has 0 fully saturated rings. The van der Waals surface area contributed by atoms with Gasteiger partial charge in [0, 0.05) is 23.5 Å². The number of thiazole rings is 1. The summed E-state index contributed by atoms with van der Waals surface area (Å²) in [5.41, 5.74) is 1.16. The Morgan fingerprint density at radius 2 is 1.80 bits per heavy atom. The molecule has 0 spiro atoms. The van der Waals surface area contributed by atoms with Gasteiger partial charge in [0.15, 0.2) is 5.13 Å². The first kappa shape index (κ1) is 23.5. The molecular weight excluding hydrogens is 400 g/mol. The molecule has 2 aromatic rings. The fraction of sp³-hybridized carbons (Fsp3) is 0.455. The molecule has 7 nitrogen and oxygen atoms in total. The van der Waals surface area contributed by atoms with E-state index in [1.54, 1.807) is 34.5 Å². The van der Waals surface area contributed by atoms with E-state index in [9.17, 15) is 14.4 Å². The number of benzene rings is 1. The summed E-state index contributed by atoms with van der Waals surface area (Å²) in [6.45, 7) is 8.37. The number of hydrogen-bond donors (Lipinski definition) is 2. The van der Waals surface area contributed by atoms with Crippen LogP contribution in [-0.2, 0) is 16.0 Å². The van der Waals surface area contributed by atoms with E-state index in [-0.39, 0.29) is 42.6 Å². The van der Waals surface area contributed by atoms with Crippen LogP contribution in [0, 0.1) is 5.92 Å². The van der Waals surface area contributed by atoms with Crippen LogP contribution >= 0.6 is 11.3 Å². The monoisotopic (exact) mass is 430 g/mol. The Kier molecular flexibility index (Phi) is 8.98. The first-order chi connectivity index (χ1) is 14.3. The standard InChI is InChI=1S/C22H30N4O3S/c1-5-16(4)23-19(27)11-18-14-30-22(24-18)25-20(28)13-26(12-15(2)3)21(29)17-9-7-6-8-10-17/h6-10,14-16H,5,11-13H2,1-4H3,(H,23,27)(H,24,25,28). The van der Waals surface area contributed by atoms with Gasteiger partial charge >= 0.3 is 0 Å². The minimum Gasteiger partial charge on any atom is -0.353 e.